The molecule has 0 saturated heterocycles. The maximum atomic E-state index is 11.0. The molecule has 0 heterocycles. The van der Waals surface area contributed by atoms with Crippen LogP contribution in [0.3, 0.4) is 0 Å². The normalized spacial score (nSPS) is 11.7. The van der Waals surface area contributed by atoms with Crippen molar-refractivity contribution in [1.29, 1.82) is 0 Å². The van der Waals surface area contributed by atoms with Gasteiger partial charge in [-0.2, -0.15) is 0 Å². The van der Waals surface area contributed by atoms with Crippen LogP contribution in [0.4, 0.5) is 0 Å². The van der Waals surface area contributed by atoms with Gasteiger partial charge in [0.1, 0.15) is 6.61 Å². The molecule has 1 aromatic carbocycles. The molecule has 10 nitrogen and oxygen atoms in total. The molecule has 0 aliphatic rings. The van der Waals surface area contributed by atoms with Crippen LogP contribution < -0.4 is 16.4 Å². The number of ether oxygens (including phenoxy) is 4. The van der Waals surface area contributed by atoms with Gasteiger partial charge in [-0.05, 0) is 24.0 Å². The van der Waals surface area contributed by atoms with Crippen LogP contribution in [-0.4, -0.2) is 77.6 Å². The molecule has 1 rings (SSSR count). The average molecular weight is 454 g/mol. The van der Waals surface area contributed by atoms with Crippen molar-refractivity contribution in [2.45, 2.75) is 31.9 Å². The zero-order valence-corrected chi connectivity index (χ0v) is 18.7. The molecule has 0 saturated carbocycles. The molecule has 3 amide bonds. The second kappa shape index (κ2) is 18.1. The van der Waals surface area contributed by atoms with Crippen LogP contribution in [0.25, 0.3) is 0 Å². The first kappa shape index (κ1) is 27.5. The third kappa shape index (κ3) is 14.5. The highest BCUT2D eigenvalue weighted by atomic mass is 16.5. The quantitative estimate of drug-likeness (QED) is 0.185. The van der Waals surface area contributed by atoms with Crippen molar-refractivity contribution in [3.05, 3.63) is 35.4 Å². The lowest BCUT2D eigenvalue weighted by molar-refractivity contribution is -0.125. The van der Waals surface area contributed by atoms with Crippen LogP contribution >= 0.6 is 0 Å². The summed E-state index contributed by atoms with van der Waals surface area (Å²) in [6.07, 6.45) is 2.03. The second-order valence-corrected chi connectivity index (χ2v) is 7.02. The third-order valence-electron chi connectivity index (χ3n) is 4.44. The summed E-state index contributed by atoms with van der Waals surface area (Å²) in [5, 5.41) is 5.11. The average Bonchev–Trinajstić information content (AvgIpc) is 2.79. The highest BCUT2D eigenvalue weighted by molar-refractivity contribution is 5.76. The predicted molar refractivity (Wildman–Crippen MR) is 118 cm³/mol. The Morgan fingerprint density at radius 3 is 2.22 bits per heavy atom. The molecule has 4 N–H and O–H groups in total. The predicted octanol–water partition coefficient (Wildman–Crippen LogP) is -0.0784. The van der Waals surface area contributed by atoms with Gasteiger partial charge in [0.05, 0.1) is 52.3 Å². The largest absolute Gasteiger partial charge is 0.379 e. The molecular formula is C22H35N3O7. The lowest BCUT2D eigenvalue weighted by Gasteiger charge is -2.15. The van der Waals surface area contributed by atoms with Gasteiger partial charge < -0.3 is 35.3 Å². The van der Waals surface area contributed by atoms with E-state index in [4.69, 9.17) is 24.7 Å². The van der Waals surface area contributed by atoms with Crippen molar-refractivity contribution in [2.24, 2.45) is 5.73 Å². The molecule has 0 radical (unpaired) electrons. The molecule has 1 atom stereocenters. The maximum Gasteiger partial charge on any atom is 0.245 e. The SMILES string of the molecule is CNC(=O)COCCOCCOCCc1ccc(COC[C@H](CCC(N)=O)NC=O)cc1. The van der Waals surface area contributed by atoms with Crippen molar-refractivity contribution in [1.82, 2.24) is 10.6 Å². The molecule has 0 unspecified atom stereocenters. The van der Waals surface area contributed by atoms with Gasteiger partial charge in [0.25, 0.3) is 0 Å². The van der Waals surface area contributed by atoms with E-state index in [1.807, 2.05) is 24.3 Å². The molecule has 32 heavy (non-hydrogen) atoms. The van der Waals surface area contributed by atoms with Gasteiger partial charge >= 0.3 is 0 Å². The van der Waals surface area contributed by atoms with Crippen molar-refractivity contribution in [3.63, 3.8) is 0 Å². The minimum atomic E-state index is -0.404. The Labute approximate surface area is 189 Å². The molecule has 0 aliphatic carbocycles. The minimum Gasteiger partial charge on any atom is -0.379 e. The summed E-state index contributed by atoms with van der Waals surface area (Å²) in [4.78, 5) is 32.5. The minimum absolute atomic E-state index is 0.0378. The lowest BCUT2D eigenvalue weighted by Crippen LogP contribution is -2.33. The Kier molecular flexibility index (Phi) is 15.5. The summed E-state index contributed by atoms with van der Waals surface area (Å²) in [7, 11) is 1.56. The summed E-state index contributed by atoms with van der Waals surface area (Å²) in [6, 6.07) is 7.79. The van der Waals surface area contributed by atoms with E-state index in [9.17, 15) is 14.4 Å². The van der Waals surface area contributed by atoms with Gasteiger partial charge in [-0.15, -0.1) is 0 Å². The number of rotatable bonds is 20. The smallest absolute Gasteiger partial charge is 0.245 e. The molecule has 0 bridgehead atoms. The zero-order valence-electron chi connectivity index (χ0n) is 18.7. The number of nitrogens with one attached hydrogen (secondary N) is 2. The summed E-state index contributed by atoms with van der Waals surface area (Å²) < 4.78 is 21.7. The topological polar surface area (TPSA) is 138 Å². The van der Waals surface area contributed by atoms with Gasteiger partial charge in [-0.3, -0.25) is 14.4 Å². The highest BCUT2D eigenvalue weighted by Crippen LogP contribution is 2.08. The number of carbonyl (C=O) groups excluding carboxylic acids is 3. The maximum absolute atomic E-state index is 11.0. The molecule has 0 aromatic heterocycles. The van der Waals surface area contributed by atoms with Crippen LogP contribution in [0.15, 0.2) is 24.3 Å². The van der Waals surface area contributed by atoms with Crippen molar-refractivity contribution in [3.8, 4) is 0 Å². The number of primary amides is 1. The number of amides is 3. The van der Waals surface area contributed by atoms with Gasteiger partial charge in [0, 0.05) is 13.5 Å². The van der Waals surface area contributed by atoms with Crippen molar-refractivity contribution < 1.29 is 33.3 Å². The van der Waals surface area contributed by atoms with E-state index in [1.165, 1.54) is 0 Å². The van der Waals surface area contributed by atoms with E-state index >= 15 is 0 Å². The Bertz CT molecular complexity index is 655. The molecule has 180 valence electrons. The Morgan fingerprint density at radius 2 is 1.59 bits per heavy atom. The van der Waals surface area contributed by atoms with E-state index in [2.05, 4.69) is 10.6 Å². The van der Waals surface area contributed by atoms with E-state index in [1.54, 1.807) is 7.05 Å². The Morgan fingerprint density at radius 1 is 0.969 bits per heavy atom. The zero-order chi connectivity index (χ0) is 23.4. The first-order valence-corrected chi connectivity index (χ1v) is 10.6. The summed E-state index contributed by atoms with van der Waals surface area (Å²) in [6.45, 7) is 3.10. The molecule has 1 aromatic rings. The lowest BCUT2D eigenvalue weighted by atomic mass is 10.1. The van der Waals surface area contributed by atoms with Crippen LogP contribution in [-0.2, 0) is 46.4 Å². The molecular weight excluding hydrogens is 418 g/mol. The van der Waals surface area contributed by atoms with Gasteiger partial charge in [0.2, 0.25) is 18.2 Å². The van der Waals surface area contributed by atoms with Crippen LogP contribution in [0, 0.1) is 0 Å². The molecule has 0 aliphatic heterocycles. The highest BCUT2D eigenvalue weighted by Gasteiger charge is 2.09. The standard InChI is InChI=1S/C22H35N3O7/c1-24-22(28)16-31-13-12-30-11-10-29-9-8-18-2-4-19(5-3-18)14-32-15-20(25-17-26)6-7-21(23)27/h2-5,17,20H,6-16H2,1H3,(H2,23,27)(H,24,28)(H,25,26)/t20-/m0/s1. The summed E-state index contributed by atoms with van der Waals surface area (Å²) >= 11 is 0. The van der Waals surface area contributed by atoms with Crippen molar-refractivity contribution >= 4 is 18.2 Å². The summed E-state index contributed by atoms with van der Waals surface area (Å²) in [5.74, 6) is -0.564. The number of carbonyl (C=O) groups is 3. The fourth-order valence-electron chi connectivity index (χ4n) is 2.62. The molecule has 0 spiro atoms. The number of hydrogen-bond acceptors (Lipinski definition) is 7. The van der Waals surface area contributed by atoms with Gasteiger partial charge in [-0.25, -0.2) is 0 Å². The van der Waals surface area contributed by atoms with Crippen LogP contribution in [0.5, 0.6) is 0 Å². The van der Waals surface area contributed by atoms with Gasteiger partial charge in [-0.1, -0.05) is 24.3 Å². The Hall–Kier alpha value is -2.53. The van der Waals surface area contributed by atoms with E-state index in [0.29, 0.717) is 59.1 Å². The second-order valence-electron chi connectivity index (χ2n) is 7.02. The van der Waals surface area contributed by atoms with Crippen LogP contribution in [0.1, 0.15) is 24.0 Å². The third-order valence-corrected chi connectivity index (χ3v) is 4.44. The van der Waals surface area contributed by atoms with E-state index in [-0.39, 0.29) is 25.0 Å². The molecule has 0 fully saturated rings. The number of nitrogens with two attached hydrogens (primary N) is 1. The monoisotopic (exact) mass is 453 g/mol. The van der Waals surface area contributed by atoms with E-state index in [0.717, 1.165) is 17.5 Å². The fraction of sp³-hybridized carbons (Fsp3) is 0.591. The van der Waals surface area contributed by atoms with Crippen LogP contribution in [0.2, 0.25) is 0 Å². The number of likely N-dealkylation sites (N-methyl/N-ethyl adjacent to an activating group) is 1. The number of benzene rings is 1. The van der Waals surface area contributed by atoms with Gasteiger partial charge in [0.15, 0.2) is 0 Å². The first-order chi connectivity index (χ1) is 15.5. The van der Waals surface area contributed by atoms with Crippen molar-refractivity contribution in [2.75, 3.05) is 53.3 Å². The fourth-order valence-corrected chi connectivity index (χ4v) is 2.62. The number of hydrogen-bond donors (Lipinski definition) is 3. The summed E-state index contributed by atoms with van der Waals surface area (Å²) in [5.41, 5.74) is 7.30. The molecule has 10 heteroatoms. The van der Waals surface area contributed by atoms with E-state index < -0.39 is 5.91 Å². The first-order valence-electron chi connectivity index (χ1n) is 10.6. The Balaban J connectivity index is 2.09.